The zero-order valence-corrected chi connectivity index (χ0v) is 20.1. The van der Waals surface area contributed by atoms with Crippen LogP contribution in [0.15, 0.2) is 97.3 Å². The lowest BCUT2D eigenvalue weighted by Crippen LogP contribution is -2.32. The van der Waals surface area contributed by atoms with E-state index in [1.807, 2.05) is 24.4 Å². The molecule has 172 valence electrons. The van der Waals surface area contributed by atoms with Gasteiger partial charge in [-0.3, -0.25) is 4.98 Å². The molecule has 4 aromatic rings. The normalized spacial score (nSPS) is 17.6. The van der Waals surface area contributed by atoms with E-state index in [0.29, 0.717) is 0 Å². The smallest absolute Gasteiger partial charge is 0.170 e. The summed E-state index contributed by atoms with van der Waals surface area (Å²) in [6.45, 7) is 3.88. The van der Waals surface area contributed by atoms with Crippen LogP contribution < -0.4 is 10.6 Å². The molecule has 5 nitrogen and oxygen atoms in total. The molecule has 34 heavy (non-hydrogen) atoms. The molecular formula is C28H29N5S. The molecular weight excluding hydrogens is 438 g/mol. The van der Waals surface area contributed by atoms with Gasteiger partial charge in [0.2, 0.25) is 0 Å². The Balaban J connectivity index is 1.44. The molecule has 0 saturated carbocycles. The number of nitrogens with zero attached hydrogens (tertiary/aromatic N) is 3. The van der Waals surface area contributed by atoms with E-state index in [-0.39, 0.29) is 12.1 Å². The second kappa shape index (κ2) is 10.1. The number of aromatic nitrogens is 2. The molecule has 0 unspecified atom stereocenters. The first kappa shape index (κ1) is 22.2. The minimum atomic E-state index is -0.0200. The molecule has 5 rings (SSSR count). The van der Waals surface area contributed by atoms with Crippen molar-refractivity contribution in [3.63, 3.8) is 0 Å². The number of thiocarbonyl (C=S) groups is 1. The lowest BCUT2D eigenvalue weighted by atomic mass is 10.0. The summed E-state index contributed by atoms with van der Waals surface area (Å²) in [5.74, 6) is 0. The van der Waals surface area contributed by atoms with Gasteiger partial charge >= 0.3 is 0 Å². The predicted octanol–water partition coefficient (Wildman–Crippen LogP) is 5.66. The Kier molecular flexibility index (Phi) is 6.58. The fraction of sp³-hybridized carbons (Fsp3) is 0.214. The van der Waals surface area contributed by atoms with Crippen molar-refractivity contribution >= 4 is 23.0 Å². The zero-order chi connectivity index (χ0) is 23.3. The van der Waals surface area contributed by atoms with E-state index in [1.54, 1.807) is 0 Å². The van der Waals surface area contributed by atoms with Crippen molar-refractivity contribution in [2.75, 3.05) is 18.4 Å². The van der Waals surface area contributed by atoms with Crippen LogP contribution in [0.5, 0.6) is 0 Å². The highest BCUT2D eigenvalue weighted by atomic mass is 32.1. The second-order valence-corrected chi connectivity index (χ2v) is 8.94. The number of pyridine rings is 1. The molecule has 3 heterocycles. The number of para-hydroxylation sites is 2. The Hall–Kier alpha value is -3.64. The molecule has 2 aromatic carbocycles. The van der Waals surface area contributed by atoms with Gasteiger partial charge in [0.05, 0.1) is 17.8 Å². The SMILES string of the molecule is Cc1ccccc1-n1cccc1[C@H]1[C@H](c2ccccn2)NC(=S)N1CCCNc1ccccc1. The summed E-state index contributed by atoms with van der Waals surface area (Å²) in [4.78, 5) is 7.00. The van der Waals surface area contributed by atoms with Crippen LogP contribution >= 0.6 is 12.2 Å². The number of aryl methyl sites for hydroxylation is 1. The first-order valence-corrected chi connectivity index (χ1v) is 12.1. The van der Waals surface area contributed by atoms with E-state index in [1.165, 1.54) is 16.9 Å². The summed E-state index contributed by atoms with van der Waals surface area (Å²) in [5.41, 5.74) is 5.76. The highest BCUT2D eigenvalue weighted by Crippen LogP contribution is 2.39. The van der Waals surface area contributed by atoms with Crippen LogP contribution in [0.25, 0.3) is 5.69 Å². The maximum Gasteiger partial charge on any atom is 0.170 e. The van der Waals surface area contributed by atoms with Crippen molar-refractivity contribution in [1.82, 2.24) is 19.8 Å². The number of anilines is 1. The van der Waals surface area contributed by atoms with E-state index in [9.17, 15) is 0 Å². The average Bonchev–Trinajstić information content (AvgIpc) is 3.47. The van der Waals surface area contributed by atoms with Crippen LogP contribution in [-0.4, -0.2) is 32.7 Å². The lowest BCUT2D eigenvalue weighted by molar-refractivity contribution is 0.307. The largest absolute Gasteiger partial charge is 0.385 e. The van der Waals surface area contributed by atoms with Gasteiger partial charge < -0.3 is 20.1 Å². The Labute approximate surface area is 206 Å². The average molecular weight is 468 g/mol. The Bertz CT molecular complexity index is 1240. The van der Waals surface area contributed by atoms with Crippen LogP contribution in [0.3, 0.4) is 0 Å². The van der Waals surface area contributed by atoms with Crippen molar-refractivity contribution in [3.05, 3.63) is 114 Å². The van der Waals surface area contributed by atoms with Gasteiger partial charge in [-0.05, 0) is 73.6 Å². The van der Waals surface area contributed by atoms with E-state index in [0.717, 1.165) is 36.0 Å². The topological polar surface area (TPSA) is 45.1 Å². The quantitative estimate of drug-likeness (QED) is 0.259. The highest BCUT2D eigenvalue weighted by molar-refractivity contribution is 7.80. The molecule has 0 spiro atoms. The Morgan fingerprint density at radius 1 is 0.941 bits per heavy atom. The third-order valence-electron chi connectivity index (χ3n) is 6.33. The maximum absolute atomic E-state index is 5.85. The molecule has 1 saturated heterocycles. The number of nitrogens with one attached hydrogen (secondary N) is 2. The fourth-order valence-electron chi connectivity index (χ4n) is 4.69. The highest BCUT2D eigenvalue weighted by Gasteiger charge is 2.41. The second-order valence-electron chi connectivity index (χ2n) is 8.56. The van der Waals surface area contributed by atoms with E-state index in [4.69, 9.17) is 12.2 Å². The van der Waals surface area contributed by atoms with Crippen LogP contribution in [0.1, 0.15) is 35.5 Å². The van der Waals surface area contributed by atoms with Crippen molar-refractivity contribution in [2.24, 2.45) is 0 Å². The van der Waals surface area contributed by atoms with E-state index >= 15 is 0 Å². The lowest BCUT2D eigenvalue weighted by Gasteiger charge is -2.29. The zero-order valence-electron chi connectivity index (χ0n) is 19.3. The number of hydrogen-bond donors (Lipinski definition) is 2. The summed E-state index contributed by atoms with van der Waals surface area (Å²) < 4.78 is 2.29. The third-order valence-corrected chi connectivity index (χ3v) is 6.69. The van der Waals surface area contributed by atoms with E-state index < -0.39 is 0 Å². The molecule has 2 N–H and O–H groups in total. The van der Waals surface area contributed by atoms with Gasteiger partial charge in [0.25, 0.3) is 0 Å². The molecule has 1 fully saturated rings. The number of benzene rings is 2. The summed E-state index contributed by atoms with van der Waals surface area (Å²) in [6, 6.07) is 29.2. The molecule has 0 bridgehead atoms. The molecule has 1 aliphatic rings. The molecule has 1 aliphatic heterocycles. The fourth-order valence-corrected chi connectivity index (χ4v) is 5.03. The Morgan fingerprint density at radius 3 is 2.53 bits per heavy atom. The standard InChI is InChI=1S/C28H29N5S/c1-21-11-5-6-15-24(21)32-19-9-16-25(32)27-26(23-14-7-8-17-30-23)31-28(34)33(27)20-10-18-29-22-12-3-2-4-13-22/h2-9,11-17,19,26-27,29H,10,18,20H2,1H3,(H,31,34)/t26-,27-/m0/s1. The Morgan fingerprint density at radius 2 is 1.74 bits per heavy atom. The van der Waals surface area contributed by atoms with Crippen LogP contribution in [-0.2, 0) is 0 Å². The predicted molar refractivity (Wildman–Crippen MR) is 142 cm³/mol. The molecule has 2 atom stereocenters. The number of hydrogen-bond acceptors (Lipinski definition) is 3. The summed E-state index contributed by atoms with van der Waals surface area (Å²) in [6.07, 6.45) is 4.96. The van der Waals surface area contributed by atoms with Crippen molar-refractivity contribution < 1.29 is 0 Å². The van der Waals surface area contributed by atoms with Crippen LogP contribution in [0.2, 0.25) is 0 Å². The summed E-state index contributed by atoms with van der Waals surface area (Å²) in [7, 11) is 0. The molecule has 2 aromatic heterocycles. The van der Waals surface area contributed by atoms with Gasteiger partial charge in [-0.25, -0.2) is 0 Å². The molecule has 0 aliphatic carbocycles. The van der Waals surface area contributed by atoms with Crippen LogP contribution in [0, 0.1) is 6.92 Å². The van der Waals surface area contributed by atoms with Gasteiger partial charge in [0, 0.05) is 42.6 Å². The van der Waals surface area contributed by atoms with Crippen molar-refractivity contribution in [2.45, 2.75) is 25.4 Å². The monoisotopic (exact) mass is 467 g/mol. The number of rotatable bonds is 8. The third kappa shape index (κ3) is 4.54. The minimum absolute atomic E-state index is 0.0200. The molecule has 6 heteroatoms. The summed E-state index contributed by atoms with van der Waals surface area (Å²) in [5, 5.41) is 7.86. The van der Waals surface area contributed by atoms with Gasteiger partial charge in [0.15, 0.2) is 5.11 Å². The maximum atomic E-state index is 5.85. The molecule has 0 radical (unpaired) electrons. The van der Waals surface area contributed by atoms with E-state index in [2.05, 4.69) is 105 Å². The van der Waals surface area contributed by atoms with Gasteiger partial charge in [-0.1, -0.05) is 42.5 Å². The van der Waals surface area contributed by atoms with Gasteiger partial charge in [-0.2, -0.15) is 0 Å². The summed E-state index contributed by atoms with van der Waals surface area (Å²) >= 11 is 5.85. The first-order chi connectivity index (χ1) is 16.7. The molecule has 0 amide bonds. The van der Waals surface area contributed by atoms with Gasteiger partial charge in [0.1, 0.15) is 0 Å². The first-order valence-electron chi connectivity index (χ1n) is 11.7. The van der Waals surface area contributed by atoms with Crippen molar-refractivity contribution in [1.29, 1.82) is 0 Å². The van der Waals surface area contributed by atoms with Crippen molar-refractivity contribution in [3.8, 4) is 5.69 Å². The minimum Gasteiger partial charge on any atom is -0.385 e. The van der Waals surface area contributed by atoms with Crippen LogP contribution in [0.4, 0.5) is 5.69 Å². The van der Waals surface area contributed by atoms with Gasteiger partial charge in [-0.15, -0.1) is 0 Å².